The van der Waals surface area contributed by atoms with E-state index in [1.54, 1.807) is 6.92 Å². The number of carboxylic acids is 1. The number of nitrogens with one attached hydrogen (secondary N) is 1. The summed E-state index contributed by atoms with van der Waals surface area (Å²) < 4.78 is 26.7. The van der Waals surface area contributed by atoms with Gasteiger partial charge in [-0.3, -0.25) is 0 Å². The van der Waals surface area contributed by atoms with E-state index >= 15 is 0 Å². The molecule has 0 aliphatic carbocycles. The van der Waals surface area contributed by atoms with Crippen molar-refractivity contribution in [2.45, 2.75) is 19.4 Å². The Kier molecular flexibility index (Phi) is 4.39. The van der Waals surface area contributed by atoms with Crippen LogP contribution in [0.15, 0.2) is 12.1 Å². The van der Waals surface area contributed by atoms with Crippen molar-refractivity contribution in [3.63, 3.8) is 0 Å². The fourth-order valence-corrected chi connectivity index (χ4v) is 1.27. The molecule has 1 aromatic rings. The van der Waals surface area contributed by atoms with Gasteiger partial charge in [-0.25, -0.2) is 13.6 Å². The molecular formula is C11H13F2NO3. The van der Waals surface area contributed by atoms with Crippen molar-refractivity contribution < 1.29 is 23.8 Å². The van der Waals surface area contributed by atoms with E-state index in [-0.39, 0.29) is 12.2 Å². The maximum absolute atomic E-state index is 13.4. The van der Waals surface area contributed by atoms with E-state index in [1.165, 1.54) is 0 Å². The summed E-state index contributed by atoms with van der Waals surface area (Å²) >= 11 is 0. The molecule has 0 heterocycles. The quantitative estimate of drug-likeness (QED) is 0.740. The zero-order valence-electron chi connectivity index (χ0n) is 9.20. The molecule has 94 valence electrons. The van der Waals surface area contributed by atoms with Crippen LogP contribution < -0.4 is 5.32 Å². The number of rotatable bonds is 5. The van der Waals surface area contributed by atoms with Crippen molar-refractivity contribution in [1.82, 2.24) is 0 Å². The molecule has 0 amide bonds. The number of benzene rings is 1. The minimum Gasteiger partial charge on any atom is -0.478 e. The fraction of sp³-hybridized carbons (Fsp3) is 0.364. The van der Waals surface area contributed by atoms with E-state index < -0.39 is 29.3 Å². The Morgan fingerprint density at radius 1 is 1.41 bits per heavy atom. The third kappa shape index (κ3) is 3.67. The summed E-state index contributed by atoms with van der Waals surface area (Å²) in [7, 11) is 0. The van der Waals surface area contributed by atoms with Crippen LogP contribution in [0.2, 0.25) is 0 Å². The molecule has 1 unspecified atom stereocenters. The first kappa shape index (κ1) is 13.4. The molecule has 0 aliphatic rings. The van der Waals surface area contributed by atoms with E-state index in [2.05, 4.69) is 5.32 Å². The molecule has 0 aliphatic heterocycles. The van der Waals surface area contributed by atoms with Gasteiger partial charge < -0.3 is 15.5 Å². The van der Waals surface area contributed by atoms with Gasteiger partial charge in [-0.15, -0.1) is 0 Å². The Bertz CT molecular complexity index is 398. The Balaban J connectivity index is 2.83. The first-order valence-corrected chi connectivity index (χ1v) is 5.06. The van der Waals surface area contributed by atoms with Gasteiger partial charge in [0.15, 0.2) is 0 Å². The molecular weight excluding hydrogens is 232 g/mol. The Labute approximate surface area is 96.9 Å². The average Bonchev–Trinajstić information content (AvgIpc) is 2.21. The molecule has 0 aromatic heterocycles. The van der Waals surface area contributed by atoms with Crippen LogP contribution in [-0.2, 0) is 0 Å². The standard InChI is InChI=1S/C11H13F2NO3/c1-6(15)2-3-14-10-8(12)4-7(11(16)17)5-9(10)13/h4-6,14-15H,2-3H2,1H3,(H,16,17). The van der Waals surface area contributed by atoms with E-state index in [0.29, 0.717) is 6.42 Å². The minimum absolute atomic E-state index is 0.192. The highest BCUT2D eigenvalue weighted by atomic mass is 19.1. The van der Waals surface area contributed by atoms with Crippen molar-refractivity contribution >= 4 is 11.7 Å². The Morgan fingerprint density at radius 3 is 2.35 bits per heavy atom. The molecule has 0 saturated carbocycles. The summed E-state index contributed by atoms with van der Waals surface area (Å²) in [5.41, 5.74) is -0.822. The summed E-state index contributed by atoms with van der Waals surface area (Å²) in [6.07, 6.45) is -0.244. The first-order valence-electron chi connectivity index (χ1n) is 5.06. The van der Waals surface area contributed by atoms with Crippen LogP contribution >= 0.6 is 0 Å². The number of anilines is 1. The smallest absolute Gasteiger partial charge is 0.335 e. The minimum atomic E-state index is -1.39. The zero-order valence-corrected chi connectivity index (χ0v) is 9.20. The SMILES string of the molecule is CC(O)CCNc1c(F)cc(C(=O)O)cc1F. The molecule has 0 spiro atoms. The van der Waals surface area contributed by atoms with Gasteiger partial charge in [-0.05, 0) is 25.5 Å². The fourth-order valence-electron chi connectivity index (χ4n) is 1.27. The van der Waals surface area contributed by atoms with Gasteiger partial charge in [0.25, 0.3) is 0 Å². The predicted molar refractivity (Wildman–Crippen MR) is 58.1 cm³/mol. The summed E-state index contributed by atoms with van der Waals surface area (Å²) in [5, 5.41) is 20.0. The zero-order chi connectivity index (χ0) is 13.0. The molecule has 4 nitrogen and oxygen atoms in total. The lowest BCUT2D eigenvalue weighted by Crippen LogP contribution is -2.12. The number of carboxylic acid groups (broad SMARTS) is 1. The van der Waals surface area contributed by atoms with Gasteiger partial charge in [0, 0.05) is 6.54 Å². The van der Waals surface area contributed by atoms with E-state index in [0.717, 1.165) is 12.1 Å². The van der Waals surface area contributed by atoms with E-state index in [9.17, 15) is 13.6 Å². The van der Waals surface area contributed by atoms with Crippen LogP contribution in [-0.4, -0.2) is 28.8 Å². The van der Waals surface area contributed by atoms with Crippen molar-refractivity contribution in [2.75, 3.05) is 11.9 Å². The van der Waals surface area contributed by atoms with Crippen LogP contribution in [0.4, 0.5) is 14.5 Å². The number of hydrogen-bond donors (Lipinski definition) is 3. The molecule has 3 N–H and O–H groups in total. The summed E-state index contributed by atoms with van der Waals surface area (Å²) in [4.78, 5) is 10.5. The van der Waals surface area contributed by atoms with E-state index in [1.807, 2.05) is 0 Å². The molecule has 0 bridgehead atoms. The molecule has 0 saturated heterocycles. The molecule has 17 heavy (non-hydrogen) atoms. The maximum atomic E-state index is 13.4. The monoisotopic (exact) mass is 245 g/mol. The van der Waals surface area contributed by atoms with Crippen LogP contribution in [0.5, 0.6) is 0 Å². The first-order chi connectivity index (χ1) is 7.91. The molecule has 0 fully saturated rings. The number of hydrogen-bond acceptors (Lipinski definition) is 3. The van der Waals surface area contributed by atoms with Gasteiger partial charge in [0.05, 0.1) is 11.7 Å². The van der Waals surface area contributed by atoms with Crippen LogP contribution in [0.1, 0.15) is 23.7 Å². The second-order valence-electron chi connectivity index (χ2n) is 3.68. The molecule has 0 radical (unpaired) electrons. The lowest BCUT2D eigenvalue weighted by atomic mass is 10.2. The van der Waals surface area contributed by atoms with E-state index in [4.69, 9.17) is 10.2 Å². The highest BCUT2D eigenvalue weighted by Gasteiger charge is 2.14. The largest absolute Gasteiger partial charge is 0.478 e. The highest BCUT2D eigenvalue weighted by molar-refractivity contribution is 5.88. The summed E-state index contributed by atoms with van der Waals surface area (Å²) in [5.74, 6) is -3.32. The Hall–Kier alpha value is -1.69. The topological polar surface area (TPSA) is 69.6 Å². The number of halogens is 2. The van der Waals surface area contributed by atoms with Crippen molar-refractivity contribution in [3.05, 3.63) is 29.3 Å². The van der Waals surface area contributed by atoms with Crippen LogP contribution in [0.3, 0.4) is 0 Å². The summed E-state index contributed by atoms with van der Waals surface area (Å²) in [6.45, 7) is 1.75. The second kappa shape index (κ2) is 5.58. The maximum Gasteiger partial charge on any atom is 0.335 e. The van der Waals surface area contributed by atoms with Gasteiger partial charge in [0.2, 0.25) is 0 Å². The summed E-state index contributed by atoms with van der Waals surface area (Å²) in [6, 6.07) is 1.49. The highest BCUT2D eigenvalue weighted by Crippen LogP contribution is 2.20. The number of aromatic carboxylic acids is 1. The molecule has 6 heteroatoms. The Morgan fingerprint density at radius 2 is 1.94 bits per heavy atom. The average molecular weight is 245 g/mol. The van der Waals surface area contributed by atoms with Gasteiger partial charge in [-0.1, -0.05) is 0 Å². The van der Waals surface area contributed by atoms with Gasteiger partial charge >= 0.3 is 5.97 Å². The molecule has 1 aromatic carbocycles. The lowest BCUT2D eigenvalue weighted by molar-refractivity contribution is 0.0696. The van der Waals surface area contributed by atoms with Crippen LogP contribution in [0, 0.1) is 11.6 Å². The normalized spacial score (nSPS) is 12.2. The second-order valence-corrected chi connectivity index (χ2v) is 3.68. The molecule has 1 rings (SSSR count). The van der Waals surface area contributed by atoms with Gasteiger partial charge in [-0.2, -0.15) is 0 Å². The van der Waals surface area contributed by atoms with Crippen molar-refractivity contribution in [1.29, 1.82) is 0 Å². The predicted octanol–water partition coefficient (Wildman–Crippen LogP) is 1.85. The van der Waals surface area contributed by atoms with Crippen LogP contribution in [0.25, 0.3) is 0 Å². The van der Waals surface area contributed by atoms with Crippen molar-refractivity contribution in [3.8, 4) is 0 Å². The number of aliphatic hydroxyl groups excluding tert-OH is 1. The number of aliphatic hydroxyl groups is 1. The van der Waals surface area contributed by atoms with Gasteiger partial charge in [0.1, 0.15) is 17.3 Å². The number of carbonyl (C=O) groups is 1. The molecule has 1 atom stereocenters. The lowest BCUT2D eigenvalue weighted by Gasteiger charge is -2.10. The van der Waals surface area contributed by atoms with Crippen molar-refractivity contribution in [2.24, 2.45) is 0 Å². The third-order valence-corrected chi connectivity index (χ3v) is 2.15. The third-order valence-electron chi connectivity index (χ3n) is 2.15.